The van der Waals surface area contributed by atoms with Crippen molar-refractivity contribution in [3.63, 3.8) is 0 Å². The number of rotatable bonds is 6. The number of amides is 1. The average Bonchev–Trinajstić information content (AvgIpc) is 3.20. The van der Waals surface area contributed by atoms with Gasteiger partial charge in [-0.3, -0.25) is 9.36 Å². The van der Waals surface area contributed by atoms with Gasteiger partial charge in [-0.05, 0) is 70.5 Å². The molecule has 11 heteroatoms. The van der Waals surface area contributed by atoms with Crippen molar-refractivity contribution < 1.29 is 13.6 Å². The second kappa shape index (κ2) is 10.2. The van der Waals surface area contributed by atoms with E-state index in [-0.39, 0.29) is 15.9 Å². The summed E-state index contributed by atoms with van der Waals surface area (Å²) in [5, 5.41) is 12.6. The van der Waals surface area contributed by atoms with Gasteiger partial charge in [0, 0.05) is 31.8 Å². The summed E-state index contributed by atoms with van der Waals surface area (Å²) in [7, 11) is 0. The summed E-state index contributed by atoms with van der Waals surface area (Å²) in [6, 6.07) is 16.0. The predicted octanol–water partition coefficient (Wildman–Crippen LogP) is 7.01. The summed E-state index contributed by atoms with van der Waals surface area (Å²) in [6.45, 7) is 0. The highest BCUT2D eigenvalue weighted by Gasteiger charge is 2.19. The van der Waals surface area contributed by atoms with Crippen molar-refractivity contribution in [1.82, 2.24) is 14.8 Å². The molecule has 168 valence electrons. The first kappa shape index (κ1) is 23.7. The number of aromatic nitrogens is 3. The van der Waals surface area contributed by atoms with Crippen LogP contribution in [0.2, 0.25) is 10.0 Å². The van der Waals surface area contributed by atoms with Crippen molar-refractivity contribution in [3.05, 3.63) is 86.8 Å². The number of anilines is 1. The van der Waals surface area contributed by atoms with E-state index in [1.54, 1.807) is 41.0 Å². The van der Waals surface area contributed by atoms with Crippen molar-refractivity contribution in [3.8, 4) is 17.1 Å². The molecule has 1 N–H and O–H groups in total. The molecule has 0 spiro atoms. The summed E-state index contributed by atoms with van der Waals surface area (Å²) in [5.74, 6) is -1.67. The van der Waals surface area contributed by atoms with Crippen LogP contribution in [0.1, 0.15) is 0 Å². The molecule has 0 saturated carbocycles. The summed E-state index contributed by atoms with van der Waals surface area (Å²) >= 11 is 16.2. The lowest BCUT2D eigenvalue weighted by molar-refractivity contribution is -0.113. The molecule has 0 unspecified atom stereocenters. The van der Waals surface area contributed by atoms with Crippen LogP contribution in [0.15, 0.2) is 70.3 Å². The highest BCUT2D eigenvalue weighted by Crippen LogP contribution is 2.30. The second-order valence-electron chi connectivity index (χ2n) is 6.71. The lowest BCUT2D eigenvalue weighted by Crippen LogP contribution is -2.16. The molecule has 1 heterocycles. The molecule has 0 aliphatic heterocycles. The second-order valence-corrected chi connectivity index (χ2v) is 9.38. The zero-order chi connectivity index (χ0) is 23.5. The largest absolute Gasteiger partial charge is 0.322 e. The number of carbonyl (C=O) groups is 1. The van der Waals surface area contributed by atoms with E-state index in [9.17, 15) is 13.6 Å². The van der Waals surface area contributed by atoms with E-state index in [2.05, 4.69) is 31.4 Å². The van der Waals surface area contributed by atoms with Gasteiger partial charge in [-0.25, -0.2) is 8.78 Å². The zero-order valence-corrected chi connectivity index (χ0v) is 20.4. The lowest BCUT2D eigenvalue weighted by atomic mass is 10.2. The third kappa shape index (κ3) is 5.55. The number of hydrogen-bond donors (Lipinski definition) is 1. The van der Waals surface area contributed by atoms with Crippen LogP contribution in [0.4, 0.5) is 14.5 Å². The van der Waals surface area contributed by atoms with E-state index in [0.29, 0.717) is 27.1 Å². The maximum Gasteiger partial charge on any atom is 0.234 e. The topological polar surface area (TPSA) is 59.8 Å². The van der Waals surface area contributed by atoms with E-state index >= 15 is 0 Å². The highest BCUT2D eigenvalue weighted by atomic mass is 79.9. The number of carbonyl (C=O) groups excluding carboxylic acids is 1. The molecule has 4 rings (SSSR count). The highest BCUT2D eigenvalue weighted by molar-refractivity contribution is 9.10. The van der Waals surface area contributed by atoms with Crippen LogP contribution in [0, 0.1) is 11.6 Å². The summed E-state index contributed by atoms with van der Waals surface area (Å²) in [6.07, 6.45) is 0. The van der Waals surface area contributed by atoms with Crippen molar-refractivity contribution in [2.45, 2.75) is 5.16 Å². The third-order valence-electron chi connectivity index (χ3n) is 4.42. The molecule has 0 aliphatic carbocycles. The monoisotopic (exact) mass is 568 g/mol. The van der Waals surface area contributed by atoms with E-state index in [4.69, 9.17) is 23.2 Å². The Morgan fingerprint density at radius 1 is 1.00 bits per heavy atom. The van der Waals surface area contributed by atoms with Gasteiger partial charge in [-0.1, -0.05) is 35.0 Å². The van der Waals surface area contributed by atoms with Crippen molar-refractivity contribution >= 4 is 62.5 Å². The fourth-order valence-corrected chi connectivity index (χ4v) is 4.45. The SMILES string of the molecule is O=C(CSc1nnc(-c2ccc(Cl)cc2)n1-c1ccc(Cl)cc1)Nc1c(F)cc(F)cc1Br. The van der Waals surface area contributed by atoms with E-state index in [1.807, 2.05) is 12.1 Å². The molecule has 1 aromatic heterocycles. The van der Waals surface area contributed by atoms with Gasteiger partial charge in [-0.2, -0.15) is 0 Å². The molecular formula is C22H13BrCl2F2N4OS. The van der Waals surface area contributed by atoms with Gasteiger partial charge < -0.3 is 5.32 Å². The molecule has 1 amide bonds. The Hall–Kier alpha value is -2.46. The number of nitrogens with zero attached hydrogens (tertiary/aromatic N) is 3. The maximum atomic E-state index is 14.0. The Morgan fingerprint density at radius 2 is 1.64 bits per heavy atom. The number of benzene rings is 3. The molecule has 0 radical (unpaired) electrons. The molecule has 5 nitrogen and oxygen atoms in total. The Kier molecular flexibility index (Phi) is 7.33. The first-order valence-electron chi connectivity index (χ1n) is 9.36. The predicted molar refractivity (Wildman–Crippen MR) is 130 cm³/mol. The van der Waals surface area contributed by atoms with Gasteiger partial charge in [-0.15, -0.1) is 10.2 Å². The van der Waals surface area contributed by atoms with Gasteiger partial charge in [0.2, 0.25) is 5.91 Å². The third-order valence-corrected chi connectivity index (χ3v) is 6.48. The van der Waals surface area contributed by atoms with Crippen LogP contribution >= 0.6 is 50.9 Å². The van der Waals surface area contributed by atoms with Crippen LogP contribution < -0.4 is 5.32 Å². The number of hydrogen-bond acceptors (Lipinski definition) is 4. The Bertz CT molecular complexity index is 1290. The molecule has 33 heavy (non-hydrogen) atoms. The number of nitrogens with one attached hydrogen (secondary N) is 1. The summed E-state index contributed by atoms with van der Waals surface area (Å²) in [5.41, 5.74) is 1.38. The first-order valence-corrected chi connectivity index (χ1v) is 11.9. The lowest BCUT2D eigenvalue weighted by Gasteiger charge is -2.11. The fraction of sp³-hybridized carbons (Fsp3) is 0.0455. The minimum atomic E-state index is -0.880. The molecule has 0 atom stereocenters. The van der Waals surface area contributed by atoms with Gasteiger partial charge >= 0.3 is 0 Å². The van der Waals surface area contributed by atoms with Crippen molar-refractivity contribution in [2.24, 2.45) is 0 Å². The van der Waals surface area contributed by atoms with E-state index < -0.39 is 17.5 Å². The molecular weight excluding hydrogens is 557 g/mol. The van der Waals surface area contributed by atoms with Crippen LogP contribution in [0.5, 0.6) is 0 Å². The molecule has 0 bridgehead atoms. The van der Waals surface area contributed by atoms with E-state index in [0.717, 1.165) is 29.1 Å². The fourth-order valence-electron chi connectivity index (χ4n) is 2.94. The Balaban J connectivity index is 1.60. The molecule has 3 aromatic carbocycles. The first-order chi connectivity index (χ1) is 15.8. The molecule has 0 aliphatic rings. The van der Waals surface area contributed by atoms with Crippen LogP contribution in [-0.2, 0) is 4.79 Å². The summed E-state index contributed by atoms with van der Waals surface area (Å²) in [4.78, 5) is 12.5. The molecule has 0 fully saturated rings. The smallest absolute Gasteiger partial charge is 0.234 e. The van der Waals surface area contributed by atoms with Gasteiger partial charge in [0.1, 0.15) is 5.82 Å². The van der Waals surface area contributed by atoms with Crippen molar-refractivity contribution in [1.29, 1.82) is 0 Å². The zero-order valence-electron chi connectivity index (χ0n) is 16.5. The number of halogens is 5. The minimum absolute atomic E-state index is 0.0877. The van der Waals surface area contributed by atoms with Crippen LogP contribution in [0.3, 0.4) is 0 Å². The Morgan fingerprint density at radius 3 is 2.27 bits per heavy atom. The quantitative estimate of drug-likeness (QED) is 0.254. The van der Waals surface area contributed by atoms with Crippen molar-refractivity contribution in [2.75, 3.05) is 11.1 Å². The minimum Gasteiger partial charge on any atom is -0.322 e. The standard InChI is InChI=1S/C22H13BrCl2F2N4OS/c23-17-9-15(26)10-18(27)20(17)28-19(32)11-33-22-30-29-21(12-1-3-13(24)4-2-12)31(22)16-7-5-14(25)6-8-16/h1-10H,11H2,(H,28,32). The number of thioether (sulfide) groups is 1. The van der Waals surface area contributed by atoms with Gasteiger partial charge in [0.15, 0.2) is 16.8 Å². The summed E-state index contributed by atoms with van der Waals surface area (Å²) < 4.78 is 29.2. The van der Waals surface area contributed by atoms with Gasteiger partial charge in [0.25, 0.3) is 0 Å². The molecule has 4 aromatic rings. The van der Waals surface area contributed by atoms with Crippen LogP contribution in [0.25, 0.3) is 17.1 Å². The molecule has 0 saturated heterocycles. The van der Waals surface area contributed by atoms with E-state index in [1.165, 1.54) is 0 Å². The average molecular weight is 570 g/mol. The van der Waals surface area contributed by atoms with Crippen LogP contribution in [-0.4, -0.2) is 26.4 Å². The Labute approximate surface area is 210 Å². The normalized spacial score (nSPS) is 10.9. The maximum absolute atomic E-state index is 14.0. The van der Waals surface area contributed by atoms with Gasteiger partial charge in [0.05, 0.1) is 11.4 Å².